The Balaban J connectivity index is 1.15. The van der Waals surface area contributed by atoms with Gasteiger partial charge in [-0.2, -0.15) is 4.80 Å². The quantitative estimate of drug-likeness (QED) is 0.448. The van der Waals surface area contributed by atoms with E-state index >= 15 is 0 Å². The maximum absolute atomic E-state index is 12.5. The predicted molar refractivity (Wildman–Crippen MR) is 125 cm³/mol. The number of aryl methyl sites for hydroxylation is 1. The normalized spacial score (nSPS) is 12.7. The number of hydrogen-bond donors (Lipinski definition) is 1. The molecular weight excluding hydrogens is 420 g/mol. The molecule has 0 saturated heterocycles. The molecule has 4 rings (SSSR count). The van der Waals surface area contributed by atoms with Gasteiger partial charge in [0.1, 0.15) is 13.2 Å². The third kappa shape index (κ3) is 6.52. The number of benzene rings is 2. The zero-order valence-electron chi connectivity index (χ0n) is 18.9. The van der Waals surface area contributed by atoms with E-state index in [2.05, 4.69) is 32.6 Å². The van der Waals surface area contributed by atoms with Crippen molar-refractivity contribution in [3.05, 3.63) is 48.5 Å². The minimum Gasteiger partial charge on any atom is -0.486 e. The molecule has 0 bridgehead atoms. The van der Waals surface area contributed by atoms with Crippen molar-refractivity contribution in [2.75, 3.05) is 38.2 Å². The summed E-state index contributed by atoms with van der Waals surface area (Å²) in [5.74, 6) is 2.00. The Morgan fingerprint density at radius 2 is 1.88 bits per heavy atom. The molecule has 0 spiro atoms. The number of carbonyl (C=O) groups excluding carboxylic acids is 1. The van der Waals surface area contributed by atoms with Gasteiger partial charge in [0.05, 0.1) is 13.1 Å². The third-order valence-electron chi connectivity index (χ3n) is 5.46. The fourth-order valence-corrected chi connectivity index (χ4v) is 3.68. The lowest BCUT2D eigenvalue weighted by Crippen LogP contribution is -2.34. The van der Waals surface area contributed by atoms with Gasteiger partial charge in [-0.3, -0.25) is 9.69 Å². The fraction of sp³-hybridized carbons (Fsp3) is 0.417. The highest BCUT2D eigenvalue weighted by Crippen LogP contribution is 2.32. The number of amides is 1. The Morgan fingerprint density at radius 1 is 1.06 bits per heavy atom. The van der Waals surface area contributed by atoms with Gasteiger partial charge in [0.25, 0.3) is 0 Å². The highest BCUT2D eigenvalue weighted by atomic mass is 16.6. The smallest absolute Gasteiger partial charge is 0.238 e. The molecule has 0 radical (unpaired) electrons. The van der Waals surface area contributed by atoms with E-state index < -0.39 is 0 Å². The van der Waals surface area contributed by atoms with E-state index in [0.29, 0.717) is 37.1 Å². The molecule has 174 valence electrons. The number of anilines is 1. The lowest BCUT2D eigenvalue weighted by atomic mass is 10.2. The summed E-state index contributed by atoms with van der Waals surface area (Å²) in [6.45, 7) is 5.92. The Hall–Kier alpha value is -3.46. The molecule has 0 saturated carbocycles. The van der Waals surface area contributed by atoms with Crippen LogP contribution in [-0.4, -0.2) is 63.9 Å². The Labute approximate surface area is 193 Å². The van der Waals surface area contributed by atoms with Crippen LogP contribution in [-0.2, 0) is 11.3 Å². The van der Waals surface area contributed by atoms with Crippen LogP contribution in [0.15, 0.2) is 48.5 Å². The molecule has 9 nitrogen and oxygen atoms in total. The van der Waals surface area contributed by atoms with E-state index in [1.807, 2.05) is 48.5 Å². The van der Waals surface area contributed by atoms with Crippen molar-refractivity contribution in [1.82, 2.24) is 25.1 Å². The first-order valence-electron chi connectivity index (χ1n) is 11.5. The molecule has 3 aromatic rings. The van der Waals surface area contributed by atoms with Crippen LogP contribution < -0.4 is 14.8 Å². The van der Waals surface area contributed by atoms with E-state index in [1.165, 1.54) is 0 Å². The van der Waals surface area contributed by atoms with E-state index in [-0.39, 0.29) is 5.91 Å². The molecule has 2 heterocycles. The number of aromatic nitrogens is 4. The number of nitrogens with one attached hydrogen (secondary N) is 1. The van der Waals surface area contributed by atoms with Crippen LogP contribution in [0.5, 0.6) is 11.5 Å². The topological polar surface area (TPSA) is 94.4 Å². The van der Waals surface area contributed by atoms with Crippen molar-refractivity contribution >= 4 is 11.6 Å². The predicted octanol–water partition coefficient (Wildman–Crippen LogP) is 3.24. The maximum atomic E-state index is 12.5. The first-order valence-corrected chi connectivity index (χ1v) is 11.5. The number of nitrogens with zero attached hydrogens (tertiary/aromatic N) is 5. The van der Waals surface area contributed by atoms with Crippen LogP contribution in [0.25, 0.3) is 11.4 Å². The number of rotatable bonds is 11. The second-order valence-electron chi connectivity index (χ2n) is 7.91. The SMILES string of the molecule is CCN(CCCCCn1nnc(-c2ccccc2)n1)CC(=O)Nc1ccc2c(c1)OCCO2. The van der Waals surface area contributed by atoms with Gasteiger partial charge < -0.3 is 14.8 Å². The summed E-state index contributed by atoms with van der Waals surface area (Å²) in [4.78, 5) is 16.3. The largest absolute Gasteiger partial charge is 0.486 e. The van der Waals surface area contributed by atoms with E-state index in [0.717, 1.165) is 50.1 Å². The van der Waals surface area contributed by atoms with Gasteiger partial charge >= 0.3 is 0 Å². The molecule has 1 aliphatic heterocycles. The lowest BCUT2D eigenvalue weighted by molar-refractivity contribution is -0.117. The maximum Gasteiger partial charge on any atom is 0.238 e. The number of likely N-dealkylation sites (N-methyl/N-ethyl adjacent to an activating group) is 1. The van der Waals surface area contributed by atoms with E-state index in [1.54, 1.807) is 4.80 Å². The number of carbonyl (C=O) groups is 1. The van der Waals surface area contributed by atoms with Gasteiger partial charge in [-0.25, -0.2) is 0 Å². The average Bonchev–Trinajstić information content (AvgIpc) is 3.32. The third-order valence-corrected chi connectivity index (χ3v) is 5.46. The fourth-order valence-electron chi connectivity index (χ4n) is 3.68. The molecule has 9 heteroatoms. The second kappa shape index (κ2) is 11.4. The number of unbranched alkanes of at least 4 members (excludes halogenated alkanes) is 2. The highest BCUT2D eigenvalue weighted by molar-refractivity contribution is 5.92. The Morgan fingerprint density at radius 3 is 2.70 bits per heavy atom. The van der Waals surface area contributed by atoms with Crippen LogP contribution in [0.1, 0.15) is 26.2 Å². The standard InChI is InChI=1S/C24H30N6O3/c1-2-29(18-23(31)25-20-11-12-21-22(17-20)33-16-15-32-21)13-7-4-8-14-30-27-24(26-28-30)19-9-5-3-6-10-19/h3,5-6,9-12,17H,2,4,7-8,13-16,18H2,1H3,(H,25,31). The number of ether oxygens (including phenoxy) is 2. The lowest BCUT2D eigenvalue weighted by Gasteiger charge is -2.21. The van der Waals surface area contributed by atoms with Crippen molar-refractivity contribution in [3.63, 3.8) is 0 Å². The molecule has 1 aliphatic rings. The van der Waals surface area contributed by atoms with Gasteiger partial charge in [0, 0.05) is 17.3 Å². The molecular formula is C24H30N6O3. The van der Waals surface area contributed by atoms with E-state index in [4.69, 9.17) is 9.47 Å². The van der Waals surface area contributed by atoms with E-state index in [9.17, 15) is 4.79 Å². The Kier molecular flexibility index (Phi) is 7.86. The molecule has 1 amide bonds. The van der Waals surface area contributed by atoms with Crippen LogP contribution >= 0.6 is 0 Å². The number of fused-ring (bicyclic) bond motifs is 1. The molecule has 0 atom stereocenters. The molecule has 0 fully saturated rings. The van der Waals surface area contributed by atoms with Crippen LogP contribution in [0.3, 0.4) is 0 Å². The van der Waals surface area contributed by atoms with Gasteiger partial charge in [-0.15, -0.1) is 10.2 Å². The minimum absolute atomic E-state index is 0.0335. The van der Waals surface area contributed by atoms with Crippen molar-refractivity contribution in [2.45, 2.75) is 32.7 Å². The highest BCUT2D eigenvalue weighted by Gasteiger charge is 2.14. The number of tetrazole rings is 1. The zero-order valence-corrected chi connectivity index (χ0v) is 18.9. The zero-order chi connectivity index (χ0) is 22.9. The van der Waals surface area contributed by atoms with Gasteiger partial charge in [0.2, 0.25) is 11.7 Å². The van der Waals surface area contributed by atoms with Crippen LogP contribution in [0, 0.1) is 0 Å². The van der Waals surface area contributed by atoms with Crippen molar-refractivity contribution in [2.24, 2.45) is 0 Å². The van der Waals surface area contributed by atoms with Crippen molar-refractivity contribution < 1.29 is 14.3 Å². The second-order valence-corrected chi connectivity index (χ2v) is 7.91. The summed E-state index contributed by atoms with van der Waals surface area (Å²) in [7, 11) is 0. The number of hydrogen-bond acceptors (Lipinski definition) is 7. The summed E-state index contributed by atoms with van der Waals surface area (Å²) in [5, 5.41) is 15.7. The first-order chi connectivity index (χ1) is 16.2. The summed E-state index contributed by atoms with van der Waals surface area (Å²) in [5.41, 5.74) is 1.69. The average molecular weight is 451 g/mol. The molecule has 1 aromatic heterocycles. The molecule has 33 heavy (non-hydrogen) atoms. The van der Waals surface area contributed by atoms with Gasteiger partial charge in [-0.1, -0.05) is 43.7 Å². The van der Waals surface area contributed by atoms with Crippen LogP contribution in [0.4, 0.5) is 5.69 Å². The van der Waals surface area contributed by atoms with Gasteiger partial charge in [-0.05, 0) is 43.3 Å². The molecule has 0 unspecified atom stereocenters. The summed E-state index contributed by atoms with van der Waals surface area (Å²) in [6.07, 6.45) is 3.00. The summed E-state index contributed by atoms with van der Waals surface area (Å²) in [6, 6.07) is 15.3. The minimum atomic E-state index is -0.0335. The van der Waals surface area contributed by atoms with Crippen molar-refractivity contribution in [1.29, 1.82) is 0 Å². The Bertz CT molecular complexity index is 1040. The molecule has 1 N–H and O–H groups in total. The first kappa shape index (κ1) is 22.7. The summed E-state index contributed by atoms with van der Waals surface area (Å²) >= 11 is 0. The molecule has 2 aromatic carbocycles. The summed E-state index contributed by atoms with van der Waals surface area (Å²) < 4.78 is 11.1. The van der Waals surface area contributed by atoms with Crippen LogP contribution in [0.2, 0.25) is 0 Å². The monoisotopic (exact) mass is 450 g/mol. The van der Waals surface area contributed by atoms with Crippen molar-refractivity contribution in [3.8, 4) is 22.9 Å². The molecule has 0 aliphatic carbocycles. The van der Waals surface area contributed by atoms with Gasteiger partial charge in [0.15, 0.2) is 11.5 Å².